The maximum Gasteiger partial charge on any atom is 0.329 e. The summed E-state index contributed by atoms with van der Waals surface area (Å²) in [4.78, 5) is 40.4. The summed E-state index contributed by atoms with van der Waals surface area (Å²) in [6.45, 7) is 3.86. The summed E-state index contributed by atoms with van der Waals surface area (Å²) in [5.41, 5.74) is 1.15. The SMILES string of the molecule is CCCCCCCCCCCCCCCCCCOC(=O)C(Cc1ccc(OC)cc1)N(C(C)=O)C(=O)c1ccccc1. The van der Waals surface area contributed by atoms with E-state index in [1.54, 1.807) is 49.6 Å². The van der Waals surface area contributed by atoms with Gasteiger partial charge in [0.05, 0.1) is 13.7 Å². The van der Waals surface area contributed by atoms with E-state index >= 15 is 0 Å². The summed E-state index contributed by atoms with van der Waals surface area (Å²) in [5.74, 6) is -0.871. The summed E-state index contributed by atoms with van der Waals surface area (Å²) in [6, 6.07) is 14.8. The number of carbonyl (C=O) groups is 3. The van der Waals surface area contributed by atoms with Gasteiger partial charge < -0.3 is 9.47 Å². The van der Waals surface area contributed by atoms with E-state index in [-0.39, 0.29) is 13.0 Å². The van der Waals surface area contributed by atoms with Gasteiger partial charge in [0, 0.05) is 18.9 Å². The molecule has 6 nitrogen and oxygen atoms in total. The summed E-state index contributed by atoms with van der Waals surface area (Å²) >= 11 is 0. The van der Waals surface area contributed by atoms with Crippen molar-refractivity contribution in [2.24, 2.45) is 0 Å². The number of nitrogens with zero attached hydrogens (tertiary/aromatic N) is 1. The zero-order valence-corrected chi connectivity index (χ0v) is 27.0. The molecule has 2 rings (SSSR count). The summed E-state index contributed by atoms with van der Waals surface area (Å²) in [7, 11) is 1.59. The monoisotopic (exact) mass is 593 g/mol. The Balaban J connectivity index is 1.74. The van der Waals surface area contributed by atoms with E-state index in [0.29, 0.717) is 11.3 Å². The average Bonchev–Trinajstić information content (AvgIpc) is 3.02. The van der Waals surface area contributed by atoms with Crippen molar-refractivity contribution in [2.45, 2.75) is 129 Å². The van der Waals surface area contributed by atoms with Crippen LogP contribution in [0.15, 0.2) is 54.6 Å². The number of hydrogen-bond acceptors (Lipinski definition) is 5. The lowest BCUT2D eigenvalue weighted by molar-refractivity contribution is -0.152. The minimum atomic E-state index is -1.06. The van der Waals surface area contributed by atoms with Crippen molar-refractivity contribution in [3.63, 3.8) is 0 Å². The molecule has 2 aromatic carbocycles. The minimum absolute atomic E-state index is 0.167. The van der Waals surface area contributed by atoms with Crippen molar-refractivity contribution in [2.75, 3.05) is 13.7 Å². The number of imide groups is 1. The predicted octanol–water partition coefficient (Wildman–Crippen LogP) is 9.10. The quantitative estimate of drug-likeness (QED) is 0.0949. The van der Waals surface area contributed by atoms with Crippen molar-refractivity contribution in [3.05, 3.63) is 65.7 Å². The lowest BCUT2D eigenvalue weighted by Crippen LogP contribution is -2.49. The van der Waals surface area contributed by atoms with E-state index in [9.17, 15) is 14.4 Å². The molecule has 0 aliphatic heterocycles. The molecule has 0 bridgehead atoms. The van der Waals surface area contributed by atoms with Gasteiger partial charge in [0.15, 0.2) is 0 Å². The average molecular weight is 594 g/mol. The Hall–Kier alpha value is -3.15. The third kappa shape index (κ3) is 14.7. The van der Waals surface area contributed by atoms with Crippen LogP contribution in [0.25, 0.3) is 0 Å². The third-order valence-corrected chi connectivity index (χ3v) is 7.99. The number of unbranched alkanes of at least 4 members (excludes halogenated alkanes) is 15. The van der Waals surface area contributed by atoms with Gasteiger partial charge in [-0.3, -0.25) is 14.5 Å². The highest BCUT2D eigenvalue weighted by Crippen LogP contribution is 2.19. The second-order valence-electron chi connectivity index (χ2n) is 11.6. The highest BCUT2D eigenvalue weighted by molar-refractivity contribution is 6.06. The number of methoxy groups -OCH3 is 1. The first-order valence-corrected chi connectivity index (χ1v) is 16.7. The molecular formula is C37H55NO5. The first kappa shape index (κ1) is 36.0. The number of hydrogen-bond donors (Lipinski definition) is 0. The zero-order valence-electron chi connectivity index (χ0n) is 27.0. The number of benzene rings is 2. The van der Waals surface area contributed by atoms with Gasteiger partial charge in [-0.1, -0.05) is 134 Å². The normalized spacial score (nSPS) is 11.6. The van der Waals surface area contributed by atoms with E-state index in [1.165, 1.54) is 90.4 Å². The van der Waals surface area contributed by atoms with Crippen LogP contribution in [-0.2, 0) is 20.7 Å². The molecule has 238 valence electrons. The molecule has 0 fully saturated rings. The Kier molecular flexibility index (Phi) is 18.8. The van der Waals surface area contributed by atoms with Crippen molar-refractivity contribution >= 4 is 17.8 Å². The van der Waals surface area contributed by atoms with E-state index in [4.69, 9.17) is 9.47 Å². The smallest absolute Gasteiger partial charge is 0.329 e. The highest BCUT2D eigenvalue weighted by Gasteiger charge is 2.35. The van der Waals surface area contributed by atoms with Crippen molar-refractivity contribution in [3.8, 4) is 5.75 Å². The molecule has 2 amide bonds. The van der Waals surface area contributed by atoms with Crippen LogP contribution in [0.4, 0.5) is 0 Å². The van der Waals surface area contributed by atoms with Crippen LogP contribution in [0.2, 0.25) is 0 Å². The lowest BCUT2D eigenvalue weighted by Gasteiger charge is -2.28. The van der Waals surface area contributed by atoms with E-state index in [0.717, 1.165) is 29.7 Å². The Morgan fingerprint density at radius 1 is 0.674 bits per heavy atom. The largest absolute Gasteiger partial charge is 0.497 e. The van der Waals surface area contributed by atoms with Crippen LogP contribution in [0.5, 0.6) is 5.75 Å². The van der Waals surface area contributed by atoms with Gasteiger partial charge in [0.2, 0.25) is 5.91 Å². The summed E-state index contributed by atoms with van der Waals surface area (Å²) in [5, 5.41) is 0. The first-order chi connectivity index (χ1) is 21.0. The number of amides is 2. The van der Waals surface area contributed by atoms with Gasteiger partial charge in [-0.15, -0.1) is 0 Å². The number of esters is 1. The topological polar surface area (TPSA) is 72.9 Å². The fraction of sp³-hybridized carbons (Fsp3) is 0.595. The maximum atomic E-state index is 13.3. The Morgan fingerprint density at radius 2 is 1.16 bits per heavy atom. The zero-order chi connectivity index (χ0) is 31.1. The van der Waals surface area contributed by atoms with Crippen LogP contribution >= 0.6 is 0 Å². The molecule has 2 aromatic rings. The predicted molar refractivity (Wildman–Crippen MR) is 174 cm³/mol. The van der Waals surface area contributed by atoms with Crippen LogP contribution in [0.1, 0.15) is 133 Å². The molecule has 0 aliphatic carbocycles. The molecule has 0 radical (unpaired) electrons. The van der Waals surface area contributed by atoms with Gasteiger partial charge >= 0.3 is 5.97 Å². The molecule has 6 heteroatoms. The molecule has 0 saturated carbocycles. The minimum Gasteiger partial charge on any atom is -0.497 e. The standard InChI is InChI=1S/C37H55NO5/c1-4-5-6-7-8-9-10-11-12-13-14-15-16-17-18-22-29-43-37(41)35(30-32-25-27-34(42-3)28-26-32)38(31(2)39)36(40)33-23-20-19-21-24-33/h19-21,23-28,35H,4-18,22,29-30H2,1-3H3. The lowest BCUT2D eigenvalue weighted by atomic mass is 10.0. The van der Waals surface area contributed by atoms with Crippen LogP contribution in [0.3, 0.4) is 0 Å². The van der Waals surface area contributed by atoms with Crippen LogP contribution in [0, 0.1) is 0 Å². The molecule has 0 aromatic heterocycles. The summed E-state index contributed by atoms with van der Waals surface area (Å²) in [6.07, 6.45) is 20.6. The number of rotatable bonds is 23. The molecule has 1 unspecified atom stereocenters. The molecule has 0 spiro atoms. The maximum absolute atomic E-state index is 13.3. The fourth-order valence-corrected chi connectivity index (χ4v) is 5.41. The second kappa shape index (κ2) is 22.4. The highest BCUT2D eigenvalue weighted by atomic mass is 16.5. The third-order valence-electron chi connectivity index (χ3n) is 7.99. The second-order valence-corrected chi connectivity index (χ2v) is 11.6. The Labute approximate surface area is 260 Å². The van der Waals surface area contributed by atoms with Crippen LogP contribution < -0.4 is 4.74 Å². The molecule has 1 atom stereocenters. The van der Waals surface area contributed by atoms with Gasteiger partial charge in [0.1, 0.15) is 11.8 Å². The molecule has 0 N–H and O–H groups in total. The Bertz CT molecular complexity index is 1040. The van der Waals surface area contributed by atoms with E-state index in [1.807, 2.05) is 12.1 Å². The Morgan fingerprint density at radius 3 is 1.63 bits per heavy atom. The molecular weight excluding hydrogens is 538 g/mol. The van der Waals surface area contributed by atoms with Gasteiger partial charge in [-0.25, -0.2) is 4.79 Å². The summed E-state index contributed by atoms with van der Waals surface area (Å²) < 4.78 is 10.9. The van der Waals surface area contributed by atoms with Crippen LogP contribution in [-0.4, -0.2) is 42.4 Å². The van der Waals surface area contributed by atoms with E-state index < -0.39 is 23.8 Å². The molecule has 43 heavy (non-hydrogen) atoms. The van der Waals surface area contributed by atoms with Crippen molar-refractivity contribution in [1.29, 1.82) is 0 Å². The number of carbonyl (C=O) groups excluding carboxylic acids is 3. The van der Waals surface area contributed by atoms with Gasteiger partial charge in [-0.2, -0.15) is 0 Å². The first-order valence-electron chi connectivity index (χ1n) is 16.7. The van der Waals surface area contributed by atoms with E-state index in [2.05, 4.69) is 6.92 Å². The molecule has 0 saturated heterocycles. The fourth-order valence-electron chi connectivity index (χ4n) is 5.41. The molecule has 0 aliphatic rings. The van der Waals surface area contributed by atoms with Gasteiger partial charge in [0.25, 0.3) is 5.91 Å². The number of ether oxygens (including phenoxy) is 2. The van der Waals surface area contributed by atoms with Gasteiger partial charge in [-0.05, 0) is 36.2 Å². The molecule has 0 heterocycles. The van der Waals surface area contributed by atoms with Crippen molar-refractivity contribution < 1.29 is 23.9 Å². The van der Waals surface area contributed by atoms with Crippen molar-refractivity contribution in [1.82, 2.24) is 4.90 Å².